The van der Waals surface area contributed by atoms with Crippen LogP contribution in [0.25, 0.3) is 0 Å². The van der Waals surface area contributed by atoms with Crippen molar-refractivity contribution < 1.29 is 33.0 Å². The molecule has 0 spiro atoms. The third kappa shape index (κ3) is 7.25. The summed E-state index contributed by atoms with van der Waals surface area (Å²) in [5.74, 6) is 0.172. The Morgan fingerprint density at radius 1 is 1.00 bits per heavy atom. The minimum atomic E-state index is -0.769. The minimum Gasteiger partial charge on any atom is -0.492 e. The number of esters is 1. The molecular weight excluding hydrogens is 511 g/mol. The Morgan fingerprint density at radius 2 is 1.71 bits per heavy atom. The molecule has 38 heavy (non-hydrogen) atoms. The Balaban J connectivity index is 1.35. The van der Waals surface area contributed by atoms with E-state index >= 15 is 0 Å². The van der Waals surface area contributed by atoms with Gasteiger partial charge < -0.3 is 19.1 Å². The first-order valence-electron chi connectivity index (χ1n) is 12.0. The molecule has 0 N–H and O–H groups in total. The second-order valence-electron chi connectivity index (χ2n) is 8.28. The summed E-state index contributed by atoms with van der Waals surface area (Å²) < 4.78 is 29.3. The smallest absolute Gasteiger partial charge is 0.416 e. The van der Waals surface area contributed by atoms with Crippen molar-refractivity contribution in [2.45, 2.75) is 18.4 Å². The van der Waals surface area contributed by atoms with Crippen molar-refractivity contribution in [3.05, 3.63) is 84.2 Å². The van der Waals surface area contributed by atoms with Crippen LogP contribution < -0.4 is 14.4 Å². The van der Waals surface area contributed by atoms with E-state index in [2.05, 4.69) is 0 Å². The van der Waals surface area contributed by atoms with Gasteiger partial charge >= 0.3 is 12.1 Å². The summed E-state index contributed by atoms with van der Waals surface area (Å²) >= 11 is 1.53. The third-order valence-corrected chi connectivity index (χ3v) is 6.64. The van der Waals surface area contributed by atoms with Crippen LogP contribution in [0.1, 0.15) is 12.5 Å². The summed E-state index contributed by atoms with van der Waals surface area (Å²) in [6, 6.07) is 19.9. The fourth-order valence-corrected chi connectivity index (χ4v) is 4.72. The predicted octanol–water partition coefficient (Wildman–Crippen LogP) is 4.91. The average molecular weight is 539 g/mol. The van der Waals surface area contributed by atoms with Gasteiger partial charge in [-0.1, -0.05) is 24.3 Å². The van der Waals surface area contributed by atoms with E-state index in [0.717, 1.165) is 16.1 Å². The summed E-state index contributed by atoms with van der Waals surface area (Å²) in [5.41, 5.74) is 1.62. The van der Waals surface area contributed by atoms with Crippen molar-refractivity contribution in [3.8, 4) is 11.5 Å². The predicted molar refractivity (Wildman–Crippen MR) is 141 cm³/mol. The maximum Gasteiger partial charge on any atom is 0.416 e. The molecule has 0 aliphatic carbocycles. The number of rotatable bonds is 10. The highest BCUT2D eigenvalue weighted by Crippen LogP contribution is 2.34. The number of anilines is 1. The van der Waals surface area contributed by atoms with Gasteiger partial charge in [-0.05, 0) is 61.0 Å². The Bertz CT molecular complexity index is 1270. The Morgan fingerprint density at radius 3 is 2.45 bits per heavy atom. The van der Waals surface area contributed by atoms with E-state index in [9.17, 15) is 18.8 Å². The monoisotopic (exact) mass is 538 g/mol. The van der Waals surface area contributed by atoms with Crippen molar-refractivity contribution in [1.82, 2.24) is 4.90 Å². The number of carbonyl (C=O) groups is 3. The quantitative estimate of drug-likeness (QED) is 0.339. The lowest BCUT2D eigenvalue weighted by Gasteiger charge is -2.28. The van der Waals surface area contributed by atoms with Crippen molar-refractivity contribution in [3.63, 3.8) is 0 Å². The van der Waals surface area contributed by atoms with Crippen LogP contribution in [0.15, 0.2) is 77.7 Å². The molecule has 3 aromatic rings. The van der Waals surface area contributed by atoms with E-state index < -0.39 is 17.9 Å². The van der Waals surface area contributed by atoms with Gasteiger partial charge in [0.25, 0.3) is 0 Å². The van der Waals surface area contributed by atoms with Gasteiger partial charge in [0.05, 0.1) is 24.6 Å². The zero-order chi connectivity index (χ0) is 26.9. The highest BCUT2D eigenvalue weighted by molar-refractivity contribution is 8.00. The van der Waals surface area contributed by atoms with Gasteiger partial charge in [0, 0.05) is 11.4 Å². The van der Waals surface area contributed by atoms with E-state index in [1.807, 2.05) is 24.3 Å². The van der Waals surface area contributed by atoms with Crippen LogP contribution in [0.4, 0.5) is 14.9 Å². The summed E-state index contributed by atoms with van der Waals surface area (Å²) in [4.78, 5) is 41.3. The van der Waals surface area contributed by atoms with Gasteiger partial charge in [-0.25, -0.2) is 9.18 Å². The molecule has 0 atom stereocenters. The fourth-order valence-electron chi connectivity index (χ4n) is 3.78. The number of para-hydroxylation sites is 1. The summed E-state index contributed by atoms with van der Waals surface area (Å²) in [6.07, 6.45) is -0.769. The first kappa shape index (κ1) is 27.0. The molecule has 4 rings (SSSR count). The lowest BCUT2D eigenvalue weighted by atomic mass is 10.2. The summed E-state index contributed by atoms with van der Waals surface area (Å²) in [6.45, 7) is 2.35. The van der Waals surface area contributed by atoms with Gasteiger partial charge in [0.1, 0.15) is 30.5 Å². The molecule has 0 saturated carbocycles. The Kier molecular flexibility index (Phi) is 9.21. The first-order valence-corrected chi connectivity index (χ1v) is 13.0. The maximum atomic E-state index is 13.2. The molecule has 0 fully saturated rings. The van der Waals surface area contributed by atoms with Crippen LogP contribution in [-0.4, -0.2) is 54.9 Å². The summed E-state index contributed by atoms with van der Waals surface area (Å²) in [5, 5.41) is 0. The molecular formula is C28H27FN2O6S. The van der Waals surface area contributed by atoms with Crippen molar-refractivity contribution in [1.29, 1.82) is 0 Å². The van der Waals surface area contributed by atoms with E-state index in [-0.39, 0.29) is 31.4 Å². The number of hydrogen-bond acceptors (Lipinski definition) is 7. The van der Waals surface area contributed by atoms with Gasteiger partial charge in [-0.15, -0.1) is 11.8 Å². The van der Waals surface area contributed by atoms with Crippen molar-refractivity contribution >= 4 is 35.4 Å². The molecule has 1 aliphatic heterocycles. The number of ether oxygens (including phenoxy) is 3. The van der Waals surface area contributed by atoms with Gasteiger partial charge in [0.15, 0.2) is 0 Å². The van der Waals surface area contributed by atoms with E-state index in [4.69, 9.17) is 14.2 Å². The minimum absolute atomic E-state index is 0.0434. The number of halogens is 1. The SMILES string of the molecule is CCOC(=O)CN(Cc1ccc(OCCN2C(=O)CSc3ccccc32)cc1)C(=O)Oc1ccc(F)cc1. The fraction of sp³-hybridized carbons (Fsp3) is 0.250. The maximum absolute atomic E-state index is 13.2. The number of amides is 2. The number of hydrogen-bond donors (Lipinski definition) is 0. The van der Waals surface area contributed by atoms with E-state index in [1.165, 1.54) is 40.9 Å². The second-order valence-corrected chi connectivity index (χ2v) is 9.29. The standard InChI is InChI=1S/C28H27FN2O6S/c1-2-35-27(33)18-30(28(34)37-23-13-9-21(29)10-14-23)17-20-7-11-22(12-8-20)36-16-15-31-24-5-3-4-6-25(24)38-19-26(31)32/h3-14H,2,15-19H2,1H3. The highest BCUT2D eigenvalue weighted by Gasteiger charge is 2.24. The van der Waals surface area contributed by atoms with E-state index in [1.54, 1.807) is 36.1 Å². The highest BCUT2D eigenvalue weighted by atomic mass is 32.2. The van der Waals surface area contributed by atoms with Crippen molar-refractivity contribution in [2.75, 3.05) is 37.0 Å². The first-order chi connectivity index (χ1) is 18.4. The molecule has 0 unspecified atom stereocenters. The molecule has 0 bridgehead atoms. The van der Waals surface area contributed by atoms with Crippen LogP contribution in [0.2, 0.25) is 0 Å². The Labute approximate surface area is 224 Å². The third-order valence-electron chi connectivity index (χ3n) is 5.59. The zero-order valence-electron chi connectivity index (χ0n) is 20.8. The molecule has 0 radical (unpaired) electrons. The summed E-state index contributed by atoms with van der Waals surface area (Å²) in [7, 11) is 0. The topological polar surface area (TPSA) is 85.4 Å². The zero-order valence-corrected chi connectivity index (χ0v) is 21.6. The average Bonchev–Trinajstić information content (AvgIpc) is 2.92. The number of carbonyl (C=O) groups excluding carboxylic acids is 3. The second kappa shape index (κ2) is 13.0. The largest absolute Gasteiger partial charge is 0.492 e. The van der Waals surface area contributed by atoms with Crippen LogP contribution in [0.5, 0.6) is 11.5 Å². The van der Waals surface area contributed by atoms with Crippen LogP contribution in [-0.2, 0) is 20.9 Å². The van der Waals surface area contributed by atoms with Crippen molar-refractivity contribution in [2.24, 2.45) is 0 Å². The van der Waals surface area contributed by atoms with Crippen LogP contribution in [0, 0.1) is 5.82 Å². The number of benzene rings is 3. The molecule has 1 heterocycles. The van der Waals surface area contributed by atoms with Crippen LogP contribution in [0.3, 0.4) is 0 Å². The number of nitrogens with zero attached hydrogens (tertiary/aromatic N) is 2. The lowest BCUT2D eigenvalue weighted by Crippen LogP contribution is -2.38. The molecule has 198 valence electrons. The number of fused-ring (bicyclic) bond motifs is 1. The molecule has 10 heteroatoms. The molecule has 2 amide bonds. The van der Waals surface area contributed by atoms with E-state index in [0.29, 0.717) is 24.7 Å². The van der Waals surface area contributed by atoms with Crippen LogP contribution >= 0.6 is 11.8 Å². The Hall–Kier alpha value is -4.05. The van der Waals surface area contributed by atoms with Gasteiger partial charge in [-0.2, -0.15) is 0 Å². The molecule has 3 aromatic carbocycles. The molecule has 1 aliphatic rings. The molecule has 0 saturated heterocycles. The van der Waals surface area contributed by atoms with Gasteiger partial charge in [0.2, 0.25) is 5.91 Å². The lowest BCUT2D eigenvalue weighted by molar-refractivity contribution is -0.144. The molecule has 0 aromatic heterocycles. The normalized spacial score (nSPS) is 12.5. The molecule has 8 nitrogen and oxygen atoms in total. The number of thioether (sulfide) groups is 1. The van der Waals surface area contributed by atoms with Gasteiger partial charge in [-0.3, -0.25) is 14.5 Å².